The highest BCUT2D eigenvalue weighted by Crippen LogP contribution is 2.32. The molecular weight excluding hydrogens is 300 g/mol. The fraction of sp³-hybridized carbons (Fsp3) is 0.250. The number of fused-ring (bicyclic) bond motifs is 1. The number of ether oxygens (including phenoxy) is 2. The molecule has 1 aromatic heterocycles. The van der Waals surface area contributed by atoms with Crippen molar-refractivity contribution in [3.05, 3.63) is 60.2 Å². The van der Waals surface area contributed by atoms with E-state index in [2.05, 4.69) is 28.8 Å². The summed E-state index contributed by atoms with van der Waals surface area (Å²) in [6.07, 6.45) is -0.481. The Balaban J connectivity index is 2.18. The fourth-order valence-electron chi connectivity index (χ4n) is 2.82. The van der Waals surface area contributed by atoms with Gasteiger partial charge in [0, 0.05) is 18.6 Å². The predicted octanol–water partition coefficient (Wildman–Crippen LogP) is 4.71. The Morgan fingerprint density at radius 3 is 2.29 bits per heavy atom. The van der Waals surface area contributed by atoms with E-state index in [1.807, 2.05) is 50.2 Å². The molecule has 0 N–H and O–H groups in total. The van der Waals surface area contributed by atoms with E-state index in [4.69, 9.17) is 14.7 Å². The zero-order chi connectivity index (χ0) is 16.9. The van der Waals surface area contributed by atoms with Gasteiger partial charge in [0.25, 0.3) is 0 Å². The van der Waals surface area contributed by atoms with Crippen molar-refractivity contribution in [3.8, 4) is 17.3 Å². The maximum absolute atomic E-state index is 9.00. The SMILES string of the molecule is CCOC(OCC)n1c(-c2ccc(C#N)cc2)cc2ccccc21. The van der Waals surface area contributed by atoms with Gasteiger partial charge in [-0.1, -0.05) is 30.3 Å². The largest absolute Gasteiger partial charge is 0.335 e. The van der Waals surface area contributed by atoms with Crippen LogP contribution in [-0.2, 0) is 9.47 Å². The molecule has 4 heteroatoms. The lowest BCUT2D eigenvalue weighted by Gasteiger charge is -2.22. The molecule has 3 aromatic rings. The summed E-state index contributed by atoms with van der Waals surface area (Å²) >= 11 is 0. The molecule has 122 valence electrons. The van der Waals surface area contributed by atoms with Crippen LogP contribution in [0.25, 0.3) is 22.2 Å². The summed E-state index contributed by atoms with van der Waals surface area (Å²) in [5, 5.41) is 10.1. The van der Waals surface area contributed by atoms with Gasteiger partial charge in [0.15, 0.2) is 0 Å². The highest BCUT2D eigenvalue weighted by atomic mass is 16.7. The maximum atomic E-state index is 9.00. The van der Waals surface area contributed by atoms with Crippen molar-refractivity contribution in [2.45, 2.75) is 20.3 Å². The number of aromatic nitrogens is 1. The molecule has 0 fully saturated rings. The Labute approximate surface area is 141 Å². The van der Waals surface area contributed by atoms with E-state index in [0.29, 0.717) is 18.8 Å². The van der Waals surface area contributed by atoms with Crippen LogP contribution < -0.4 is 0 Å². The molecule has 24 heavy (non-hydrogen) atoms. The van der Waals surface area contributed by atoms with Crippen LogP contribution in [-0.4, -0.2) is 17.8 Å². The Morgan fingerprint density at radius 1 is 1.00 bits per heavy atom. The molecule has 0 aliphatic rings. The fourth-order valence-corrected chi connectivity index (χ4v) is 2.82. The molecule has 0 amide bonds. The number of benzene rings is 2. The van der Waals surface area contributed by atoms with Crippen molar-refractivity contribution in [3.63, 3.8) is 0 Å². The molecule has 3 rings (SSSR count). The quantitative estimate of drug-likeness (QED) is 0.618. The molecule has 0 bridgehead atoms. The molecule has 0 saturated carbocycles. The molecule has 0 atom stereocenters. The summed E-state index contributed by atoms with van der Waals surface area (Å²) in [6.45, 7) is 5.03. The van der Waals surface area contributed by atoms with Crippen molar-refractivity contribution in [1.82, 2.24) is 4.57 Å². The molecule has 1 heterocycles. The van der Waals surface area contributed by atoms with Gasteiger partial charge < -0.3 is 9.47 Å². The highest BCUT2D eigenvalue weighted by molar-refractivity contribution is 5.87. The minimum Gasteiger partial charge on any atom is -0.335 e. The number of hydrogen-bond acceptors (Lipinski definition) is 3. The first-order valence-corrected chi connectivity index (χ1v) is 8.12. The number of nitrogens with zero attached hydrogens (tertiary/aromatic N) is 2. The lowest BCUT2D eigenvalue weighted by atomic mass is 10.1. The number of nitriles is 1. The standard InChI is InChI=1S/C20H20N2O2/c1-3-23-20(24-4-2)22-18-8-6-5-7-17(18)13-19(22)16-11-9-15(14-21)10-12-16/h5-13,20H,3-4H2,1-2H3. The highest BCUT2D eigenvalue weighted by Gasteiger charge is 2.19. The van der Waals surface area contributed by atoms with Gasteiger partial charge in [-0.2, -0.15) is 5.26 Å². The molecule has 0 aliphatic carbocycles. The predicted molar refractivity (Wildman–Crippen MR) is 94.4 cm³/mol. The average molecular weight is 320 g/mol. The van der Waals surface area contributed by atoms with Crippen LogP contribution in [0.5, 0.6) is 0 Å². The summed E-state index contributed by atoms with van der Waals surface area (Å²) in [5.41, 5.74) is 3.73. The van der Waals surface area contributed by atoms with Crippen molar-refractivity contribution < 1.29 is 9.47 Å². The Kier molecular flexibility index (Phi) is 4.95. The van der Waals surface area contributed by atoms with E-state index in [9.17, 15) is 0 Å². The van der Waals surface area contributed by atoms with E-state index in [0.717, 1.165) is 22.2 Å². The summed E-state index contributed by atoms with van der Waals surface area (Å²) in [7, 11) is 0. The van der Waals surface area contributed by atoms with Gasteiger partial charge in [-0.15, -0.1) is 0 Å². The minimum absolute atomic E-state index is 0.481. The van der Waals surface area contributed by atoms with Gasteiger partial charge in [0.2, 0.25) is 6.41 Å². The summed E-state index contributed by atoms with van der Waals surface area (Å²) in [5.74, 6) is 0. The van der Waals surface area contributed by atoms with Crippen LogP contribution in [0.4, 0.5) is 0 Å². The molecule has 0 spiro atoms. The third kappa shape index (κ3) is 3.05. The molecular formula is C20H20N2O2. The van der Waals surface area contributed by atoms with Gasteiger partial charge >= 0.3 is 0 Å². The Morgan fingerprint density at radius 2 is 1.67 bits per heavy atom. The van der Waals surface area contributed by atoms with E-state index in [-0.39, 0.29) is 0 Å². The van der Waals surface area contributed by atoms with E-state index in [1.54, 1.807) is 0 Å². The van der Waals surface area contributed by atoms with Gasteiger partial charge in [0.1, 0.15) is 0 Å². The molecule has 4 nitrogen and oxygen atoms in total. The second kappa shape index (κ2) is 7.31. The first-order valence-electron chi connectivity index (χ1n) is 8.12. The van der Waals surface area contributed by atoms with E-state index < -0.39 is 6.41 Å². The van der Waals surface area contributed by atoms with Crippen LogP contribution in [0.2, 0.25) is 0 Å². The number of rotatable bonds is 6. The molecule has 0 saturated heterocycles. The molecule has 2 aromatic carbocycles. The zero-order valence-electron chi connectivity index (χ0n) is 13.9. The van der Waals surface area contributed by atoms with E-state index >= 15 is 0 Å². The minimum atomic E-state index is -0.481. The van der Waals surface area contributed by atoms with Gasteiger partial charge in [-0.05, 0) is 43.7 Å². The molecule has 0 radical (unpaired) electrons. The lowest BCUT2D eigenvalue weighted by molar-refractivity contribution is -0.182. The van der Waals surface area contributed by atoms with Crippen molar-refractivity contribution >= 4 is 10.9 Å². The van der Waals surface area contributed by atoms with E-state index in [1.165, 1.54) is 0 Å². The normalized spacial score (nSPS) is 11.1. The maximum Gasteiger partial charge on any atom is 0.244 e. The Bertz CT molecular complexity index is 853. The molecule has 0 aliphatic heterocycles. The zero-order valence-corrected chi connectivity index (χ0v) is 13.9. The summed E-state index contributed by atoms with van der Waals surface area (Å²) in [4.78, 5) is 0. The monoisotopic (exact) mass is 320 g/mol. The van der Waals surface area contributed by atoms with Gasteiger partial charge in [-0.3, -0.25) is 4.57 Å². The number of para-hydroxylation sites is 1. The smallest absolute Gasteiger partial charge is 0.244 e. The second-order valence-electron chi connectivity index (χ2n) is 5.37. The first-order chi connectivity index (χ1) is 11.8. The van der Waals surface area contributed by atoms with Crippen molar-refractivity contribution in [2.75, 3.05) is 13.2 Å². The van der Waals surface area contributed by atoms with Crippen LogP contribution >= 0.6 is 0 Å². The third-order valence-electron chi connectivity index (χ3n) is 3.89. The second-order valence-corrected chi connectivity index (χ2v) is 5.37. The van der Waals surface area contributed by atoms with Gasteiger partial charge in [-0.25, -0.2) is 0 Å². The third-order valence-corrected chi connectivity index (χ3v) is 3.89. The van der Waals surface area contributed by atoms with Crippen molar-refractivity contribution in [1.29, 1.82) is 5.26 Å². The number of hydrogen-bond donors (Lipinski definition) is 0. The Hall–Kier alpha value is -2.61. The summed E-state index contributed by atoms with van der Waals surface area (Å²) < 4.78 is 13.7. The topological polar surface area (TPSA) is 47.2 Å². The van der Waals surface area contributed by atoms with Crippen LogP contribution in [0.15, 0.2) is 54.6 Å². The first kappa shape index (κ1) is 16.3. The average Bonchev–Trinajstić information content (AvgIpc) is 3.01. The van der Waals surface area contributed by atoms with Crippen LogP contribution in [0.3, 0.4) is 0 Å². The van der Waals surface area contributed by atoms with Gasteiger partial charge in [0.05, 0.1) is 22.8 Å². The van der Waals surface area contributed by atoms with Crippen LogP contribution in [0, 0.1) is 11.3 Å². The summed E-state index contributed by atoms with van der Waals surface area (Å²) in [6, 6.07) is 20.0. The lowest BCUT2D eigenvalue weighted by Crippen LogP contribution is -2.17. The van der Waals surface area contributed by atoms with Crippen LogP contribution in [0.1, 0.15) is 25.8 Å². The van der Waals surface area contributed by atoms with Crippen molar-refractivity contribution in [2.24, 2.45) is 0 Å². The molecule has 0 unspecified atom stereocenters.